The Morgan fingerprint density at radius 2 is 2.56 bits per heavy atom. The van der Waals surface area contributed by atoms with E-state index in [0.717, 1.165) is 10.8 Å². The van der Waals surface area contributed by atoms with E-state index in [1.807, 2.05) is 0 Å². The molecule has 1 heterocycles. The molecule has 2 nitrogen and oxygen atoms in total. The van der Waals surface area contributed by atoms with Crippen LogP contribution in [0.5, 0.6) is 5.75 Å². The normalized spacial score (nSPS) is 14.4. The van der Waals surface area contributed by atoms with Gasteiger partial charge in [-0.05, 0) is 6.07 Å². The molecule has 9 heavy (non-hydrogen) atoms. The molecular weight excluding hydrogens is 229 g/mol. The molecular formula is C6H8INO. The van der Waals surface area contributed by atoms with Crippen LogP contribution in [0, 0.1) is 0 Å². The molecule has 0 spiro atoms. The van der Waals surface area contributed by atoms with Gasteiger partial charge in [0, 0.05) is 6.07 Å². The Hall–Kier alpha value is -0.320. The van der Waals surface area contributed by atoms with Crippen molar-refractivity contribution in [2.24, 2.45) is 6.98 Å². The Morgan fingerprint density at radius 3 is 3.00 bits per heavy atom. The minimum Gasteiger partial charge on any atom is -1.00 e. The fourth-order valence-electron chi connectivity index (χ4n) is 0.463. The zero-order valence-corrected chi connectivity index (χ0v) is 6.74. The third-order valence-electron chi connectivity index (χ3n) is 0.785. The Labute approximate surface area is 75.4 Å². The number of aromatic hydroxyl groups is 1. The first kappa shape index (κ1) is 4.49. The van der Waals surface area contributed by atoms with E-state index >= 15 is 0 Å². The van der Waals surface area contributed by atoms with Crippen molar-refractivity contribution in [1.29, 1.82) is 0 Å². The lowest BCUT2D eigenvalue weighted by Crippen LogP contribution is -3.00. The summed E-state index contributed by atoms with van der Waals surface area (Å²) in [5.41, 5.74) is 0. The molecule has 0 fully saturated rings. The molecule has 1 aromatic rings. The van der Waals surface area contributed by atoms with E-state index in [2.05, 4.69) is 0 Å². The van der Waals surface area contributed by atoms with Crippen molar-refractivity contribution in [3.8, 4) is 5.75 Å². The van der Waals surface area contributed by atoms with Gasteiger partial charge in [-0.3, -0.25) is 0 Å². The maximum absolute atomic E-state index is 8.91. The molecule has 0 aliphatic heterocycles. The van der Waals surface area contributed by atoms with Gasteiger partial charge in [-0.15, -0.1) is 0 Å². The van der Waals surface area contributed by atoms with Crippen LogP contribution in [0.25, 0.3) is 0 Å². The second kappa shape index (κ2) is 3.66. The fourth-order valence-corrected chi connectivity index (χ4v) is 0.463. The van der Waals surface area contributed by atoms with E-state index in [0.29, 0.717) is 0 Å². The summed E-state index contributed by atoms with van der Waals surface area (Å²) in [6, 6.07) is 2.89. The first-order valence-electron chi connectivity index (χ1n) is 3.71. The molecule has 1 N–H and O–H groups in total. The highest BCUT2D eigenvalue weighted by Crippen LogP contribution is 1.98. The number of pyridine rings is 1. The number of aromatic nitrogens is 1. The third kappa shape index (κ3) is 2.64. The van der Waals surface area contributed by atoms with Gasteiger partial charge in [0.1, 0.15) is 11.1 Å². The van der Waals surface area contributed by atoms with E-state index in [-0.39, 0.29) is 29.7 Å². The topological polar surface area (TPSA) is 24.1 Å². The molecule has 0 aliphatic carbocycles. The zero-order chi connectivity index (χ0) is 8.48. The molecule has 1 aromatic heterocycles. The van der Waals surface area contributed by atoms with Crippen molar-refractivity contribution in [2.75, 3.05) is 0 Å². The lowest BCUT2D eigenvalue weighted by Gasteiger charge is -1.84. The second-order valence-corrected chi connectivity index (χ2v) is 1.47. The van der Waals surface area contributed by atoms with Gasteiger partial charge in [0.25, 0.3) is 0 Å². The monoisotopic (exact) mass is 240 g/mol. The van der Waals surface area contributed by atoms with Crippen LogP contribution in [-0.2, 0) is 6.98 Å². The summed E-state index contributed by atoms with van der Waals surface area (Å²) in [4.78, 5) is 0. The van der Waals surface area contributed by atoms with Crippen LogP contribution in [0.4, 0.5) is 0 Å². The molecule has 0 atom stereocenters. The first-order valence-corrected chi connectivity index (χ1v) is 2.21. The summed E-state index contributed by atoms with van der Waals surface area (Å²) < 4.78 is 21.8. The average molecular weight is 240 g/mol. The van der Waals surface area contributed by atoms with Gasteiger partial charge in [-0.1, -0.05) is 0 Å². The standard InChI is InChI=1S/C6H7NO.HI/c1-7-4-2-3-6(8)5-7;/h2-5H,1H3;1H/i1D3;. The molecule has 3 heteroatoms. The van der Waals surface area contributed by atoms with E-state index in [1.54, 1.807) is 0 Å². The molecule has 0 saturated carbocycles. The smallest absolute Gasteiger partial charge is 0.210 e. The van der Waals surface area contributed by atoms with Crippen LogP contribution in [-0.4, -0.2) is 5.11 Å². The van der Waals surface area contributed by atoms with E-state index < -0.39 is 6.98 Å². The van der Waals surface area contributed by atoms with Gasteiger partial charge >= 0.3 is 0 Å². The van der Waals surface area contributed by atoms with Crippen LogP contribution in [0.15, 0.2) is 24.5 Å². The molecule has 0 saturated heterocycles. The molecule has 0 unspecified atom stereocenters. The maximum atomic E-state index is 8.91. The van der Waals surface area contributed by atoms with Gasteiger partial charge in [-0.25, -0.2) is 4.57 Å². The summed E-state index contributed by atoms with van der Waals surface area (Å²) in [7, 11) is 0. The fraction of sp³-hybridized carbons (Fsp3) is 0.167. The highest BCUT2D eigenvalue weighted by Gasteiger charge is 1.89. The number of aryl methyl sites for hydroxylation is 1. The van der Waals surface area contributed by atoms with Crippen molar-refractivity contribution in [3.63, 3.8) is 0 Å². The molecule has 0 radical (unpaired) electrons. The molecule has 0 aliphatic rings. The number of halogens is 1. The maximum Gasteiger partial charge on any atom is 0.210 e. The van der Waals surface area contributed by atoms with Gasteiger partial charge in [0.05, 0.1) is 0 Å². The van der Waals surface area contributed by atoms with E-state index in [4.69, 9.17) is 9.22 Å². The van der Waals surface area contributed by atoms with E-state index in [1.165, 1.54) is 18.3 Å². The first-order chi connectivity index (χ1) is 5.00. The van der Waals surface area contributed by atoms with E-state index in [9.17, 15) is 0 Å². The summed E-state index contributed by atoms with van der Waals surface area (Å²) in [6.45, 7) is -2.21. The Bertz CT molecular complexity index is 263. The molecule has 0 aromatic carbocycles. The average Bonchev–Trinajstić information content (AvgIpc) is 1.86. The highest BCUT2D eigenvalue weighted by molar-refractivity contribution is 5.09. The van der Waals surface area contributed by atoms with Gasteiger partial charge in [-0.2, -0.15) is 0 Å². The SMILES string of the molecule is [2H]C([2H])([2H])[n+]1cccc(O)c1.[I-]. The molecule has 50 valence electrons. The van der Waals surface area contributed by atoms with Crippen molar-refractivity contribution in [3.05, 3.63) is 24.5 Å². The van der Waals surface area contributed by atoms with Crippen LogP contribution < -0.4 is 28.5 Å². The Kier molecular flexibility index (Phi) is 1.82. The Balaban J connectivity index is 0.00000121. The second-order valence-electron chi connectivity index (χ2n) is 1.47. The predicted molar refractivity (Wildman–Crippen MR) is 29.3 cm³/mol. The van der Waals surface area contributed by atoms with Gasteiger partial charge < -0.3 is 29.1 Å². The number of nitrogens with zero attached hydrogens (tertiary/aromatic N) is 1. The van der Waals surface area contributed by atoms with Gasteiger partial charge in [0.2, 0.25) is 6.20 Å². The molecule has 1 rings (SSSR count). The minimum absolute atomic E-state index is 0. The molecule has 0 amide bonds. The van der Waals surface area contributed by atoms with Crippen molar-refractivity contribution in [1.82, 2.24) is 0 Å². The van der Waals surface area contributed by atoms with Crippen LogP contribution in [0.1, 0.15) is 4.11 Å². The lowest BCUT2D eigenvalue weighted by atomic mass is 10.5. The predicted octanol–water partition coefficient (Wildman–Crippen LogP) is -2.78. The molecule has 0 bridgehead atoms. The summed E-state index contributed by atoms with van der Waals surface area (Å²) in [5, 5.41) is 8.91. The third-order valence-corrected chi connectivity index (χ3v) is 0.785. The summed E-state index contributed by atoms with van der Waals surface area (Å²) >= 11 is 0. The lowest BCUT2D eigenvalue weighted by molar-refractivity contribution is -0.671. The van der Waals surface area contributed by atoms with Gasteiger partial charge in [0.15, 0.2) is 11.9 Å². The minimum atomic E-state index is -2.21. The summed E-state index contributed by atoms with van der Waals surface area (Å²) in [5.74, 6) is -0.0522. The van der Waals surface area contributed by atoms with Crippen LogP contribution in [0.2, 0.25) is 0 Å². The van der Waals surface area contributed by atoms with Crippen LogP contribution >= 0.6 is 0 Å². The largest absolute Gasteiger partial charge is 1.00 e. The number of hydrogen-bond acceptors (Lipinski definition) is 1. The van der Waals surface area contributed by atoms with Crippen molar-refractivity contribution in [2.45, 2.75) is 0 Å². The van der Waals surface area contributed by atoms with Crippen molar-refractivity contribution < 1.29 is 37.8 Å². The van der Waals surface area contributed by atoms with Crippen molar-refractivity contribution >= 4 is 0 Å². The zero-order valence-electron chi connectivity index (χ0n) is 7.58. The Morgan fingerprint density at radius 1 is 1.78 bits per heavy atom. The number of hydrogen-bond donors (Lipinski definition) is 1. The highest BCUT2D eigenvalue weighted by atomic mass is 127. The number of rotatable bonds is 0. The summed E-state index contributed by atoms with van der Waals surface area (Å²) in [6.07, 6.45) is 2.54. The van der Waals surface area contributed by atoms with Crippen LogP contribution in [0.3, 0.4) is 0 Å². The quantitative estimate of drug-likeness (QED) is 0.385.